The van der Waals surface area contributed by atoms with E-state index in [0.717, 1.165) is 17.0 Å². The summed E-state index contributed by atoms with van der Waals surface area (Å²) in [6.07, 6.45) is 0.646. The summed E-state index contributed by atoms with van der Waals surface area (Å²) in [5.41, 5.74) is 7.40. The minimum absolute atomic E-state index is 0.197. The van der Waals surface area contributed by atoms with Gasteiger partial charge in [-0.2, -0.15) is 4.98 Å². The standard InChI is InChI=1S/C13H16N2O3/c1-8-10(15-13(14)18-8)6-9-4-5-11(16-2)12(7-9)17-3/h4-5,7H,6H2,1-3H3,(H2,14,15). The second-order valence-electron chi connectivity index (χ2n) is 3.92. The van der Waals surface area contributed by atoms with Crippen molar-refractivity contribution in [2.75, 3.05) is 20.0 Å². The van der Waals surface area contributed by atoms with Crippen molar-refractivity contribution in [2.45, 2.75) is 13.3 Å². The molecule has 0 saturated carbocycles. The van der Waals surface area contributed by atoms with E-state index in [-0.39, 0.29) is 6.01 Å². The highest BCUT2D eigenvalue weighted by molar-refractivity contribution is 5.44. The first-order valence-corrected chi connectivity index (χ1v) is 5.56. The highest BCUT2D eigenvalue weighted by Gasteiger charge is 2.10. The van der Waals surface area contributed by atoms with Crippen molar-refractivity contribution in [3.63, 3.8) is 0 Å². The van der Waals surface area contributed by atoms with Crippen LogP contribution in [0.2, 0.25) is 0 Å². The molecule has 2 N–H and O–H groups in total. The number of methoxy groups -OCH3 is 2. The summed E-state index contributed by atoms with van der Waals surface area (Å²) >= 11 is 0. The van der Waals surface area contributed by atoms with Crippen molar-refractivity contribution in [3.8, 4) is 11.5 Å². The van der Waals surface area contributed by atoms with Crippen LogP contribution in [0.4, 0.5) is 6.01 Å². The van der Waals surface area contributed by atoms with E-state index in [1.165, 1.54) is 0 Å². The number of oxazole rings is 1. The van der Waals surface area contributed by atoms with Crippen LogP contribution >= 0.6 is 0 Å². The third-order valence-corrected chi connectivity index (χ3v) is 2.73. The number of rotatable bonds is 4. The molecule has 0 aliphatic rings. The van der Waals surface area contributed by atoms with Crippen LogP contribution in [0.3, 0.4) is 0 Å². The zero-order valence-corrected chi connectivity index (χ0v) is 10.7. The first-order valence-electron chi connectivity index (χ1n) is 5.56. The van der Waals surface area contributed by atoms with Crippen LogP contribution in [-0.4, -0.2) is 19.2 Å². The van der Waals surface area contributed by atoms with Crippen LogP contribution in [0.5, 0.6) is 11.5 Å². The Kier molecular flexibility index (Phi) is 3.41. The van der Waals surface area contributed by atoms with Gasteiger partial charge < -0.3 is 19.6 Å². The predicted molar refractivity (Wildman–Crippen MR) is 68.0 cm³/mol. The van der Waals surface area contributed by atoms with Gasteiger partial charge in [0.15, 0.2) is 11.5 Å². The number of hydrogen-bond donors (Lipinski definition) is 1. The molecule has 2 aromatic rings. The van der Waals surface area contributed by atoms with Crippen molar-refractivity contribution >= 4 is 6.01 Å². The number of aryl methyl sites for hydroxylation is 1. The Bertz CT molecular complexity index is 549. The molecule has 0 spiro atoms. The number of nitrogen functional groups attached to an aromatic ring is 1. The van der Waals surface area contributed by atoms with Crippen molar-refractivity contribution in [1.29, 1.82) is 0 Å². The van der Waals surface area contributed by atoms with Crippen molar-refractivity contribution in [3.05, 3.63) is 35.2 Å². The van der Waals surface area contributed by atoms with Crippen LogP contribution in [0.15, 0.2) is 22.6 Å². The molecule has 0 fully saturated rings. The molecule has 2 rings (SSSR count). The average Bonchev–Trinajstić information content (AvgIpc) is 2.67. The predicted octanol–water partition coefficient (Wildman–Crippen LogP) is 2.17. The minimum Gasteiger partial charge on any atom is -0.493 e. The lowest BCUT2D eigenvalue weighted by atomic mass is 10.1. The van der Waals surface area contributed by atoms with E-state index in [0.29, 0.717) is 17.9 Å². The molecule has 96 valence electrons. The van der Waals surface area contributed by atoms with E-state index in [1.54, 1.807) is 14.2 Å². The van der Waals surface area contributed by atoms with Gasteiger partial charge in [-0.15, -0.1) is 0 Å². The van der Waals surface area contributed by atoms with Gasteiger partial charge in [0.2, 0.25) is 0 Å². The first kappa shape index (κ1) is 12.3. The summed E-state index contributed by atoms with van der Waals surface area (Å²) in [5.74, 6) is 2.14. The molecule has 0 bridgehead atoms. The molecule has 5 nitrogen and oxygen atoms in total. The maximum Gasteiger partial charge on any atom is 0.292 e. The molecular formula is C13H16N2O3. The number of anilines is 1. The number of benzene rings is 1. The molecule has 5 heteroatoms. The Morgan fingerprint density at radius 2 is 1.94 bits per heavy atom. The Morgan fingerprint density at radius 3 is 2.50 bits per heavy atom. The van der Waals surface area contributed by atoms with E-state index >= 15 is 0 Å². The lowest BCUT2D eigenvalue weighted by Crippen LogP contribution is -1.95. The molecule has 0 aliphatic heterocycles. The summed E-state index contributed by atoms with van der Waals surface area (Å²) in [5, 5.41) is 0. The van der Waals surface area contributed by atoms with E-state index < -0.39 is 0 Å². The van der Waals surface area contributed by atoms with Gasteiger partial charge in [-0.1, -0.05) is 6.07 Å². The lowest BCUT2D eigenvalue weighted by molar-refractivity contribution is 0.354. The van der Waals surface area contributed by atoms with Gasteiger partial charge in [0, 0.05) is 6.42 Å². The fraction of sp³-hybridized carbons (Fsp3) is 0.308. The molecule has 18 heavy (non-hydrogen) atoms. The fourth-order valence-corrected chi connectivity index (χ4v) is 1.80. The summed E-state index contributed by atoms with van der Waals surface area (Å²) in [4.78, 5) is 4.14. The number of hydrogen-bond acceptors (Lipinski definition) is 5. The van der Waals surface area contributed by atoms with Crippen molar-refractivity contribution < 1.29 is 13.9 Å². The molecule has 1 heterocycles. The molecular weight excluding hydrogens is 232 g/mol. The molecule has 0 amide bonds. The van der Waals surface area contributed by atoms with E-state index in [9.17, 15) is 0 Å². The first-order chi connectivity index (χ1) is 8.63. The van der Waals surface area contributed by atoms with Gasteiger partial charge in [0.25, 0.3) is 6.01 Å². The maximum atomic E-state index is 5.51. The van der Waals surface area contributed by atoms with Gasteiger partial charge in [0.1, 0.15) is 5.76 Å². The number of nitrogens with two attached hydrogens (primary N) is 1. The van der Waals surface area contributed by atoms with E-state index in [4.69, 9.17) is 19.6 Å². The Morgan fingerprint density at radius 1 is 1.22 bits per heavy atom. The normalized spacial score (nSPS) is 10.4. The molecule has 0 aliphatic carbocycles. The zero-order valence-electron chi connectivity index (χ0n) is 10.7. The van der Waals surface area contributed by atoms with Crippen LogP contribution in [-0.2, 0) is 6.42 Å². The largest absolute Gasteiger partial charge is 0.493 e. The van der Waals surface area contributed by atoms with Crippen LogP contribution in [0, 0.1) is 6.92 Å². The topological polar surface area (TPSA) is 70.5 Å². The maximum absolute atomic E-state index is 5.51. The zero-order chi connectivity index (χ0) is 13.1. The van der Waals surface area contributed by atoms with Crippen molar-refractivity contribution in [1.82, 2.24) is 4.98 Å². The second kappa shape index (κ2) is 5.00. The van der Waals surface area contributed by atoms with E-state index in [2.05, 4.69) is 4.98 Å². The van der Waals surface area contributed by atoms with Gasteiger partial charge in [-0.25, -0.2) is 0 Å². The van der Waals surface area contributed by atoms with Crippen LogP contribution in [0.1, 0.15) is 17.0 Å². The number of nitrogens with zero attached hydrogens (tertiary/aromatic N) is 1. The van der Waals surface area contributed by atoms with Gasteiger partial charge in [0.05, 0.1) is 19.9 Å². The smallest absolute Gasteiger partial charge is 0.292 e. The molecule has 1 aromatic carbocycles. The summed E-state index contributed by atoms with van der Waals surface area (Å²) in [7, 11) is 3.22. The molecule has 1 aromatic heterocycles. The van der Waals surface area contributed by atoms with Gasteiger partial charge >= 0.3 is 0 Å². The number of aromatic nitrogens is 1. The second-order valence-corrected chi connectivity index (χ2v) is 3.92. The summed E-state index contributed by atoms with van der Waals surface area (Å²) in [6.45, 7) is 1.85. The Balaban J connectivity index is 2.27. The summed E-state index contributed by atoms with van der Waals surface area (Å²) < 4.78 is 15.6. The molecule has 0 unspecified atom stereocenters. The fourth-order valence-electron chi connectivity index (χ4n) is 1.80. The Labute approximate surface area is 106 Å². The monoisotopic (exact) mass is 248 g/mol. The molecule has 0 saturated heterocycles. The van der Waals surface area contributed by atoms with Gasteiger partial charge in [-0.05, 0) is 24.6 Å². The Hall–Kier alpha value is -2.17. The van der Waals surface area contributed by atoms with Crippen molar-refractivity contribution in [2.24, 2.45) is 0 Å². The van der Waals surface area contributed by atoms with Crippen LogP contribution in [0.25, 0.3) is 0 Å². The average molecular weight is 248 g/mol. The molecule has 0 atom stereocenters. The minimum atomic E-state index is 0.197. The molecule has 0 radical (unpaired) electrons. The van der Waals surface area contributed by atoms with Crippen LogP contribution < -0.4 is 15.2 Å². The quantitative estimate of drug-likeness (QED) is 0.897. The lowest BCUT2D eigenvalue weighted by Gasteiger charge is -2.08. The third kappa shape index (κ3) is 2.40. The third-order valence-electron chi connectivity index (χ3n) is 2.73. The number of ether oxygens (including phenoxy) is 2. The highest BCUT2D eigenvalue weighted by atomic mass is 16.5. The summed E-state index contributed by atoms with van der Waals surface area (Å²) in [6, 6.07) is 5.95. The highest BCUT2D eigenvalue weighted by Crippen LogP contribution is 2.28. The van der Waals surface area contributed by atoms with E-state index in [1.807, 2.05) is 25.1 Å². The SMILES string of the molecule is COc1ccc(Cc2nc(N)oc2C)cc1OC. The van der Waals surface area contributed by atoms with Gasteiger partial charge in [-0.3, -0.25) is 0 Å².